The quantitative estimate of drug-likeness (QED) is 0.893. The molecular weight excluding hydrogens is 264 g/mol. The standard InChI is InChI=1S/C17H24N2O2/c1-21-15-6-4-13(5-7-15)12-18-16(20)19-14-10-17(11-14)8-2-3-9-17/h4-7,14H,2-3,8-12H2,1H3,(H2,18,19,20). The molecule has 2 aliphatic carbocycles. The summed E-state index contributed by atoms with van der Waals surface area (Å²) in [5.41, 5.74) is 1.65. The maximum atomic E-state index is 11.9. The number of methoxy groups -OCH3 is 1. The second kappa shape index (κ2) is 5.96. The van der Waals surface area contributed by atoms with Gasteiger partial charge in [0.1, 0.15) is 5.75 Å². The summed E-state index contributed by atoms with van der Waals surface area (Å²) in [6.45, 7) is 0.549. The van der Waals surface area contributed by atoms with Crippen molar-refractivity contribution in [2.24, 2.45) is 5.41 Å². The van der Waals surface area contributed by atoms with Gasteiger partial charge in [-0.15, -0.1) is 0 Å². The van der Waals surface area contributed by atoms with Crippen LogP contribution in [0.3, 0.4) is 0 Å². The third-order valence-corrected chi connectivity index (χ3v) is 4.97. The number of urea groups is 1. The number of carbonyl (C=O) groups is 1. The molecule has 4 nitrogen and oxygen atoms in total. The molecule has 3 rings (SSSR count). The Balaban J connectivity index is 1.38. The summed E-state index contributed by atoms with van der Waals surface area (Å²) in [6.07, 6.45) is 7.80. The molecule has 21 heavy (non-hydrogen) atoms. The minimum atomic E-state index is -0.0522. The van der Waals surface area contributed by atoms with Crippen LogP contribution >= 0.6 is 0 Å². The molecule has 2 aliphatic rings. The van der Waals surface area contributed by atoms with Gasteiger partial charge >= 0.3 is 6.03 Å². The number of carbonyl (C=O) groups excluding carboxylic acids is 1. The van der Waals surface area contributed by atoms with Crippen molar-refractivity contribution in [3.05, 3.63) is 29.8 Å². The number of amides is 2. The van der Waals surface area contributed by atoms with E-state index in [9.17, 15) is 4.79 Å². The Hall–Kier alpha value is -1.71. The van der Waals surface area contributed by atoms with Crippen molar-refractivity contribution in [2.45, 2.75) is 51.1 Å². The largest absolute Gasteiger partial charge is 0.497 e. The molecule has 0 bridgehead atoms. The average Bonchev–Trinajstić information content (AvgIpc) is 2.95. The van der Waals surface area contributed by atoms with Gasteiger partial charge in [0.2, 0.25) is 0 Å². The molecule has 0 radical (unpaired) electrons. The normalized spacial score (nSPS) is 20.0. The zero-order chi connectivity index (χ0) is 14.7. The fourth-order valence-electron chi connectivity index (χ4n) is 3.78. The second-order valence-electron chi connectivity index (χ2n) is 6.49. The summed E-state index contributed by atoms with van der Waals surface area (Å²) < 4.78 is 5.12. The number of nitrogens with one attached hydrogen (secondary N) is 2. The van der Waals surface area contributed by atoms with Gasteiger partial charge in [-0.2, -0.15) is 0 Å². The molecule has 1 aromatic carbocycles. The Bertz CT molecular complexity index is 484. The number of ether oxygens (including phenoxy) is 1. The van der Waals surface area contributed by atoms with Crippen LogP contribution in [0.1, 0.15) is 44.1 Å². The minimum absolute atomic E-state index is 0.0522. The summed E-state index contributed by atoms with van der Waals surface area (Å²) in [4.78, 5) is 11.9. The zero-order valence-corrected chi connectivity index (χ0v) is 12.7. The Morgan fingerprint density at radius 2 is 1.90 bits per heavy atom. The first-order valence-corrected chi connectivity index (χ1v) is 7.86. The topological polar surface area (TPSA) is 50.4 Å². The lowest BCUT2D eigenvalue weighted by molar-refractivity contribution is 0.0947. The van der Waals surface area contributed by atoms with Crippen LogP contribution in [0.5, 0.6) is 5.75 Å². The summed E-state index contributed by atoms with van der Waals surface area (Å²) >= 11 is 0. The predicted molar refractivity (Wildman–Crippen MR) is 82.3 cm³/mol. The molecule has 2 fully saturated rings. The molecule has 0 heterocycles. The third kappa shape index (κ3) is 3.31. The van der Waals surface area contributed by atoms with Crippen molar-refractivity contribution in [1.82, 2.24) is 10.6 Å². The third-order valence-electron chi connectivity index (χ3n) is 4.97. The van der Waals surface area contributed by atoms with Gasteiger partial charge in [0.15, 0.2) is 0 Å². The van der Waals surface area contributed by atoms with Gasteiger partial charge in [-0.25, -0.2) is 4.79 Å². The Labute approximate surface area is 126 Å². The summed E-state index contributed by atoms with van der Waals surface area (Å²) in [5, 5.41) is 6.01. The fraction of sp³-hybridized carbons (Fsp3) is 0.588. The molecule has 2 amide bonds. The SMILES string of the molecule is COc1ccc(CNC(=O)NC2CC3(CCCC3)C2)cc1. The molecule has 2 N–H and O–H groups in total. The Morgan fingerprint density at radius 1 is 1.24 bits per heavy atom. The molecule has 0 saturated heterocycles. The van der Waals surface area contributed by atoms with Gasteiger partial charge < -0.3 is 15.4 Å². The first-order valence-electron chi connectivity index (χ1n) is 7.86. The maximum Gasteiger partial charge on any atom is 0.315 e. The van der Waals surface area contributed by atoms with Gasteiger partial charge in [-0.05, 0) is 48.8 Å². The maximum absolute atomic E-state index is 11.9. The smallest absolute Gasteiger partial charge is 0.315 e. The summed E-state index contributed by atoms with van der Waals surface area (Å²) in [7, 11) is 1.65. The van der Waals surface area contributed by atoms with Crippen LogP contribution in [0.4, 0.5) is 4.79 Å². The van der Waals surface area contributed by atoms with Crippen LogP contribution in [0.25, 0.3) is 0 Å². The van der Waals surface area contributed by atoms with E-state index in [0.29, 0.717) is 18.0 Å². The number of benzene rings is 1. The molecule has 2 saturated carbocycles. The van der Waals surface area contributed by atoms with Gasteiger partial charge in [0, 0.05) is 12.6 Å². The molecule has 1 spiro atoms. The van der Waals surface area contributed by atoms with E-state index in [2.05, 4.69) is 10.6 Å². The fourth-order valence-corrected chi connectivity index (χ4v) is 3.78. The highest BCUT2D eigenvalue weighted by Crippen LogP contribution is 2.53. The van der Waals surface area contributed by atoms with Gasteiger partial charge in [-0.1, -0.05) is 25.0 Å². The van der Waals surface area contributed by atoms with Crippen molar-refractivity contribution in [3.8, 4) is 5.75 Å². The first-order chi connectivity index (χ1) is 10.2. The number of hydrogen-bond donors (Lipinski definition) is 2. The average molecular weight is 288 g/mol. The van der Waals surface area contributed by atoms with E-state index in [1.165, 1.54) is 38.5 Å². The lowest BCUT2D eigenvalue weighted by Gasteiger charge is -2.45. The summed E-state index contributed by atoms with van der Waals surface area (Å²) in [5.74, 6) is 0.833. The van der Waals surface area contributed by atoms with Crippen LogP contribution in [0.2, 0.25) is 0 Å². The molecule has 114 valence electrons. The number of rotatable bonds is 4. The van der Waals surface area contributed by atoms with Crippen molar-refractivity contribution < 1.29 is 9.53 Å². The van der Waals surface area contributed by atoms with Crippen LogP contribution in [0.15, 0.2) is 24.3 Å². The molecule has 0 aliphatic heterocycles. The molecule has 0 unspecified atom stereocenters. The predicted octanol–water partition coefficient (Wildman–Crippen LogP) is 3.22. The van der Waals surface area contributed by atoms with Crippen molar-refractivity contribution >= 4 is 6.03 Å². The van der Waals surface area contributed by atoms with E-state index in [1.807, 2.05) is 24.3 Å². The van der Waals surface area contributed by atoms with Crippen LogP contribution < -0.4 is 15.4 Å². The van der Waals surface area contributed by atoms with E-state index < -0.39 is 0 Å². The van der Waals surface area contributed by atoms with Crippen LogP contribution in [-0.2, 0) is 6.54 Å². The lowest BCUT2D eigenvalue weighted by Crippen LogP contribution is -2.52. The van der Waals surface area contributed by atoms with E-state index in [-0.39, 0.29) is 6.03 Å². The Morgan fingerprint density at radius 3 is 2.52 bits per heavy atom. The van der Waals surface area contributed by atoms with E-state index >= 15 is 0 Å². The molecular formula is C17H24N2O2. The van der Waals surface area contributed by atoms with Crippen LogP contribution in [0, 0.1) is 5.41 Å². The van der Waals surface area contributed by atoms with Crippen molar-refractivity contribution in [1.29, 1.82) is 0 Å². The number of hydrogen-bond acceptors (Lipinski definition) is 2. The molecule has 1 aromatic rings. The second-order valence-corrected chi connectivity index (χ2v) is 6.49. The lowest BCUT2D eigenvalue weighted by atomic mass is 9.64. The van der Waals surface area contributed by atoms with Crippen molar-refractivity contribution in [3.63, 3.8) is 0 Å². The highest BCUT2D eigenvalue weighted by Gasteiger charge is 2.45. The molecule has 0 aromatic heterocycles. The highest BCUT2D eigenvalue weighted by atomic mass is 16.5. The first kappa shape index (κ1) is 14.2. The zero-order valence-electron chi connectivity index (χ0n) is 12.7. The Kier molecular flexibility index (Phi) is 4.04. The van der Waals surface area contributed by atoms with Gasteiger partial charge in [-0.3, -0.25) is 0 Å². The van der Waals surface area contributed by atoms with Crippen molar-refractivity contribution in [2.75, 3.05) is 7.11 Å². The van der Waals surface area contributed by atoms with E-state index in [4.69, 9.17) is 4.74 Å². The van der Waals surface area contributed by atoms with Crippen LogP contribution in [-0.4, -0.2) is 19.2 Å². The monoisotopic (exact) mass is 288 g/mol. The van der Waals surface area contributed by atoms with E-state index in [0.717, 1.165) is 11.3 Å². The molecule has 0 atom stereocenters. The summed E-state index contributed by atoms with van der Waals surface area (Å²) in [6, 6.07) is 8.07. The highest BCUT2D eigenvalue weighted by molar-refractivity contribution is 5.74. The molecule has 4 heteroatoms. The van der Waals surface area contributed by atoms with Gasteiger partial charge in [0.05, 0.1) is 7.11 Å². The van der Waals surface area contributed by atoms with Gasteiger partial charge in [0.25, 0.3) is 0 Å². The van der Waals surface area contributed by atoms with E-state index in [1.54, 1.807) is 7.11 Å². The minimum Gasteiger partial charge on any atom is -0.497 e.